The Bertz CT molecular complexity index is 1480. The summed E-state index contributed by atoms with van der Waals surface area (Å²) < 4.78 is 37.2. The van der Waals surface area contributed by atoms with E-state index < -0.39 is 115 Å². The second-order valence-corrected chi connectivity index (χ2v) is 19.2. The van der Waals surface area contributed by atoms with Crippen LogP contribution in [0.4, 0.5) is 0 Å². The van der Waals surface area contributed by atoms with Gasteiger partial charge in [-0.15, -0.1) is 0 Å². The number of carbonyl (C=O) groups excluding carboxylic acids is 3. The molecule has 364 valence electrons. The van der Waals surface area contributed by atoms with E-state index in [2.05, 4.69) is 16.0 Å². The average Bonchev–Trinajstić information content (AvgIpc) is 3.24. The number of nitrogens with one attached hydrogen (secondary N) is 3. The van der Waals surface area contributed by atoms with Crippen molar-refractivity contribution in [1.82, 2.24) is 16.0 Å². The van der Waals surface area contributed by atoms with Crippen molar-refractivity contribution >= 4 is 23.7 Å². The fourth-order valence-electron chi connectivity index (χ4n) is 8.86. The number of carboxylic acids is 1. The lowest BCUT2D eigenvalue weighted by Gasteiger charge is -2.49. The van der Waals surface area contributed by atoms with Gasteiger partial charge in [-0.3, -0.25) is 14.4 Å². The maximum Gasteiger partial charge on any atom is 0.332 e. The molecule has 9 N–H and O–H groups in total. The standard InChI is InChI=1S/C44H77N3O16/c1-9-26-19-27(38(54)45-16-17-46-42(57)43(5,6)22-58-44(7,8)10-2)20-28(36(26)63-41-35(53)34(52)32(50)23(3)59-41)61-40-31(47-24(4)49)37(33(51)30(21-48)62-40)60-29(39(55)56)18-25-14-12-11-13-15-25/h23,25-37,40-41,48,50-53H,9-22H2,1-8H3,(H,45,54)(H,46,57)(H,47,49)(H,55,56)/t23?,26-,27?,28?,29+,30+,31?,32?,33?,34?,35?,36?,37?,40-,41?/m1/s1. The van der Waals surface area contributed by atoms with Gasteiger partial charge < -0.3 is 75.0 Å². The Morgan fingerprint density at radius 3 is 2.10 bits per heavy atom. The number of aliphatic hydroxyl groups is 5. The zero-order valence-corrected chi connectivity index (χ0v) is 38.4. The van der Waals surface area contributed by atoms with E-state index in [0.29, 0.717) is 6.42 Å². The Morgan fingerprint density at radius 2 is 1.49 bits per heavy atom. The van der Waals surface area contributed by atoms with Crippen molar-refractivity contribution in [2.45, 2.75) is 205 Å². The zero-order chi connectivity index (χ0) is 46.8. The normalized spacial score (nSPS) is 35.1. The van der Waals surface area contributed by atoms with Crippen LogP contribution in [0.5, 0.6) is 0 Å². The second kappa shape index (κ2) is 23.8. The molecule has 0 spiro atoms. The third-order valence-electron chi connectivity index (χ3n) is 13.3. The van der Waals surface area contributed by atoms with Crippen molar-refractivity contribution in [3.63, 3.8) is 0 Å². The summed E-state index contributed by atoms with van der Waals surface area (Å²) in [6.45, 7) is 13.8. The van der Waals surface area contributed by atoms with E-state index in [1.807, 2.05) is 27.7 Å². The van der Waals surface area contributed by atoms with E-state index in [9.17, 15) is 49.8 Å². The van der Waals surface area contributed by atoms with E-state index >= 15 is 0 Å². The molecule has 4 aliphatic rings. The first-order chi connectivity index (χ1) is 29.6. The van der Waals surface area contributed by atoms with Crippen LogP contribution >= 0.6 is 0 Å². The van der Waals surface area contributed by atoms with Crippen molar-refractivity contribution in [2.24, 2.45) is 23.2 Å². The van der Waals surface area contributed by atoms with Gasteiger partial charge in [0.2, 0.25) is 17.7 Å². The summed E-state index contributed by atoms with van der Waals surface area (Å²) in [5.74, 6) is -3.47. The SMILES string of the molecule is CC[C@@H]1CC(C(=O)NCCNC(=O)C(C)(C)COC(C)(C)CC)CC(O[C@@H]2O[C@@H](CO)C(O)C(O[C@@H](CC3CCCCC3)C(=O)O)C2NC(C)=O)C1OC1OC(C)C(O)C(O)C1O. The molecule has 2 aliphatic heterocycles. The summed E-state index contributed by atoms with van der Waals surface area (Å²) in [6.07, 6.45) is -9.98. The number of aliphatic hydroxyl groups excluding tert-OH is 5. The first-order valence-corrected chi connectivity index (χ1v) is 22.9. The molecule has 4 fully saturated rings. The first kappa shape index (κ1) is 53.1. The summed E-state index contributed by atoms with van der Waals surface area (Å²) in [5.41, 5.74) is -1.22. The molecule has 2 saturated carbocycles. The molecule has 0 aromatic carbocycles. The molecule has 19 heteroatoms. The van der Waals surface area contributed by atoms with Crippen molar-refractivity contribution in [3.05, 3.63) is 0 Å². The topological polar surface area (TPSA) is 281 Å². The number of aliphatic carboxylic acids is 1. The van der Waals surface area contributed by atoms with Crippen LogP contribution in [0.3, 0.4) is 0 Å². The van der Waals surface area contributed by atoms with E-state index in [0.717, 1.165) is 38.5 Å². The summed E-state index contributed by atoms with van der Waals surface area (Å²) in [4.78, 5) is 52.4. The van der Waals surface area contributed by atoms with Crippen molar-refractivity contribution in [3.8, 4) is 0 Å². The van der Waals surface area contributed by atoms with Crippen LogP contribution in [0.25, 0.3) is 0 Å². The molecule has 0 bridgehead atoms. The Labute approximate surface area is 371 Å². The molecule has 19 nitrogen and oxygen atoms in total. The Hall–Kier alpha value is -2.56. The lowest BCUT2D eigenvalue weighted by molar-refractivity contribution is -0.338. The van der Waals surface area contributed by atoms with Gasteiger partial charge in [0, 0.05) is 25.9 Å². The van der Waals surface area contributed by atoms with E-state index in [1.165, 1.54) is 13.8 Å². The molecule has 63 heavy (non-hydrogen) atoms. The number of rotatable bonds is 21. The van der Waals surface area contributed by atoms with E-state index in [-0.39, 0.29) is 62.3 Å². The van der Waals surface area contributed by atoms with Crippen LogP contribution in [-0.2, 0) is 47.6 Å². The highest BCUT2D eigenvalue weighted by atomic mass is 16.7. The largest absolute Gasteiger partial charge is 0.479 e. The number of hydrogen-bond acceptors (Lipinski definition) is 15. The van der Waals surface area contributed by atoms with Gasteiger partial charge in [-0.1, -0.05) is 52.4 Å². The lowest BCUT2D eigenvalue weighted by atomic mass is 9.75. The van der Waals surface area contributed by atoms with Gasteiger partial charge in [-0.05, 0) is 72.1 Å². The Morgan fingerprint density at radius 1 is 0.825 bits per heavy atom. The van der Waals surface area contributed by atoms with Crippen LogP contribution < -0.4 is 16.0 Å². The molecule has 2 saturated heterocycles. The highest BCUT2D eigenvalue weighted by molar-refractivity contribution is 5.82. The van der Waals surface area contributed by atoms with Crippen LogP contribution in [-0.4, -0.2) is 166 Å². The third kappa shape index (κ3) is 14.5. The van der Waals surface area contributed by atoms with Gasteiger partial charge in [-0.2, -0.15) is 0 Å². The first-order valence-electron chi connectivity index (χ1n) is 22.9. The predicted molar refractivity (Wildman–Crippen MR) is 226 cm³/mol. The number of carbonyl (C=O) groups is 4. The van der Waals surface area contributed by atoms with Gasteiger partial charge in [0.25, 0.3) is 0 Å². The summed E-state index contributed by atoms with van der Waals surface area (Å²) >= 11 is 0. The zero-order valence-electron chi connectivity index (χ0n) is 38.4. The number of hydrogen-bond donors (Lipinski definition) is 9. The van der Waals surface area contributed by atoms with Crippen molar-refractivity contribution in [1.29, 1.82) is 0 Å². The monoisotopic (exact) mass is 904 g/mol. The maximum absolute atomic E-state index is 13.9. The molecule has 11 unspecified atom stereocenters. The summed E-state index contributed by atoms with van der Waals surface area (Å²) in [7, 11) is 0. The lowest BCUT2D eigenvalue weighted by Crippen LogP contribution is -2.67. The molecule has 15 atom stereocenters. The molecule has 2 heterocycles. The molecular weight excluding hydrogens is 826 g/mol. The minimum atomic E-state index is -1.66. The molecule has 0 aromatic rings. The molecule has 0 radical (unpaired) electrons. The smallest absolute Gasteiger partial charge is 0.332 e. The number of carboxylic acid groups (broad SMARTS) is 1. The van der Waals surface area contributed by atoms with Gasteiger partial charge in [0.05, 0.1) is 42.5 Å². The van der Waals surface area contributed by atoms with E-state index in [4.69, 9.17) is 28.4 Å². The minimum absolute atomic E-state index is 0.00948. The predicted octanol–water partition coefficient (Wildman–Crippen LogP) is 0.876. The van der Waals surface area contributed by atoms with Crippen LogP contribution in [0.15, 0.2) is 0 Å². The van der Waals surface area contributed by atoms with Gasteiger partial charge >= 0.3 is 5.97 Å². The minimum Gasteiger partial charge on any atom is -0.479 e. The quantitative estimate of drug-likeness (QED) is 0.0723. The number of amides is 3. The fraction of sp³-hybridized carbons (Fsp3) is 0.909. The Kier molecular flexibility index (Phi) is 20.0. The molecule has 3 amide bonds. The van der Waals surface area contributed by atoms with Crippen LogP contribution in [0.1, 0.15) is 120 Å². The Balaban J connectivity index is 1.58. The highest BCUT2D eigenvalue weighted by Gasteiger charge is 2.53. The highest BCUT2D eigenvalue weighted by Crippen LogP contribution is 2.40. The maximum atomic E-state index is 13.9. The van der Waals surface area contributed by atoms with Gasteiger partial charge in [-0.25, -0.2) is 4.79 Å². The molecular formula is C44H77N3O16. The summed E-state index contributed by atoms with van der Waals surface area (Å²) in [5, 5.41) is 72.6. The fourth-order valence-corrected chi connectivity index (χ4v) is 8.86. The van der Waals surface area contributed by atoms with Crippen molar-refractivity contribution in [2.75, 3.05) is 26.3 Å². The van der Waals surface area contributed by atoms with Crippen LogP contribution in [0, 0.1) is 23.2 Å². The molecule has 0 aromatic heterocycles. The van der Waals surface area contributed by atoms with Crippen LogP contribution in [0.2, 0.25) is 0 Å². The average molecular weight is 904 g/mol. The van der Waals surface area contributed by atoms with E-state index in [1.54, 1.807) is 13.8 Å². The van der Waals surface area contributed by atoms with Gasteiger partial charge in [0.15, 0.2) is 18.7 Å². The molecule has 4 rings (SSSR count). The second-order valence-electron chi connectivity index (χ2n) is 19.2. The molecule has 2 aliphatic carbocycles. The summed E-state index contributed by atoms with van der Waals surface area (Å²) in [6, 6.07) is -1.32. The van der Waals surface area contributed by atoms with Gasteiger partial charge in [0.1, 0.15) is 42.7 Å². The number of ether oxygens (including phenoxy) is 6. The van der Waals surface area contributed by atoms with Crippen molar-refractivity contribution < 1.29 is 78.2 Å². The third-order valence-corrected chi connectivity index (χ3v) is 13.3.